The van der Waals surface area contributed by atoms with Crippen molar-refractivity contribution in [1.82, 2.24) is 5.32 Å². The van der Waals surface area contributed by atoms with Crippen molar-refractivity contribution in [3.63, 3.8) is 0 Å². The lowest BCUT2D eigenvalue weighted by atomic mass is 10.1. The molecule has 4 nitrogen and oxygen atoms in total. The van der Waals surface area contributed by atoms with Gasteiger partial charge in [0.15, 0.2) is 0 Å². The number of carboxylic acids is 1. The maximum absolute atomic E-state index is 10.8. The van der Waals surface area contributed by atoms with Gasteiger partial charge in [0, 0.05) is 6.92 Å². The van der Waals surface area contributed by atoms with Gasteiger partial charge in [0.2, 0.25) is 5.91 Å². The number of benzene rings is 1. The zero-order valence-electron chi connectivity index (χ0n) is 8.88. The molecule has 0 spiro atoms. The SMILES string of the molecule is CC(=O)NC(/C=C/c1ccccc1)C(=O)O. The second kappa shape index (κ2) is 5.70. The normalized spacial score (nSPS) is 12.3. The molecule has 0 radical (unpaired) electrons. The Bertz CT molecular complexity index is 398. The predicted octanol–water partition coefficient (Wildman–Crippen LogP) is 1.29. The van der Waals surface area contributed by atoms with Crippen LogP contribution >= 0.6 is 0 Å². The van der Waals surface area contributed by atoms with Crippen molar-refractivity contribution in [2.24, 2.45) is 0 Å². The highest BCUT2D eigenvalue weighted by Crippen LogP contribution is 2.02. The highest BCUT2D eigenvalue weighted by molar-refractivity contribution is 5.84. The minimum atomic E-state index is -1.08. The molecule has 1 atom stereocenters. The van der Waals surface area contributed by atoms with Gasteiger partial charge in [-0.1, -0.05) is 42.5 Å². The van der Waals surface area contributed by atoms with Crippen LogP contribution in [0.15, 0.2) is 36.4 Å². The minimum absolute atomic E-state index is 0.370. The summed E-state index contributed by atoms with van der Waals surface area (Å²) < 4.78 is 0. The molecule has 16 heavy (non-hydrogen) atoms. The topological polar surface area (TPSA) is 66.4 Å². The van der Waals surface area contributed by atoms with Crippen LogP contribution in [0.4, 0.5) is 0 Å². The number of amides is 1. The molecular formula is C12H13NO3. The fourth-order valence-electron chi connectivity index (χ4n) is 1.18. The molecule has 0 aliphatic rings. The Hall–Kier alpha value is -2.10. The van der Waals surface area contributed by atoms with Crippen LogP contribution in [0.1, 0.15) is 12.5 Å². The summed E-state index contributed by atoms with van der Waals surface area (Å²) in [6, 6.07) is 8.30. The number of aliphatic carboxylic acids is 1. The Morgan fingerprint density at radius 3 is 2.44 bits per heavy atom. The molecule has 1 rings (SSSR count). The van der Waals surface area contributed by atoms with E-state index < -0.39 is 12.0 Å². The quantitative estimate of drug-likeness (QED) is 0.801. The second-order valence-electron chi connectivity index (χ2n) is 3.29. The molecule has 0 aliphatic heterocycles. The van der Waals surface area contributed by atoms with E-state index in [0.29, 0.717) is 0 Å². The van der Waals surface area contributed by atoms with E-state index in [1.165, 1.54) is 13.0 Å². The van der Waals surface area contributed by atoms with Crippen molar-refractivity contribution >= 4 is 18.0 Å². The van der Waals surface area contributed by atoms with Crippen LogP contribution in [-0.4, -0.2) is 23.0 Å². The number of hydrogen-bond donors (Lipinski definition) is 2. The van der Waals surface area contributed by atoms with Gasteiger partial charge in [-0.3, -0.25) is 4.79 Å². The molecular weight excluding hydrogens is 206 g/mol. The van der Waals surface area contributed by atoms with Gasteiger partial charge >= 0.3 is 5.97 Å². The summed E-state index contributed by atoms with van der Waals surface area (Å²) in [5.41, 5.74) is 0.888. The Balaban J connectivity index is 2.72. The fourth-order valence-corrected chi connectivity index (χ4v) is 1.18. The molecule has 0 fully saturated rings. The third kappa shape index (κ3) is 3.96. The van der Waals surface area contributed by atoms with Gasteiger partial charge in [0.25, 0.3) is 0 Å². The van der Waals surface area contributed by atoms with E-state index in [2.05, 4.69) is 5.32 Å². The Morgan fingerprint density at radius 2 is 1.94 bits per heavy atom. The molecule has 84 valence electrons. The summed E-state index contributed by atoms with van der Waals surface area (Å²) in [6.45, 7) is 1.28. The van der Waals surface area contributed by atoms with E-state index in [1.807, 2.05) is 30.3 Å². The van der Waals surface area contributed by atoms with E-state index in [-0.39, 0.29) is 5.91 Å². The van der Waals surface area contributed by atoms with Crippen molar-refractivity contribution in [1.29, 1.82) is 0 Å². The molecule has 1 unspecified atom stereocenters. The lowest BCUT2D eigenvalue weighted by Gasteiger charge is -2.07. The summed E-state index contributed by atoms with van der Waals surface area (Å²) >= 11 is 0. The van der Waals surface area contributed by atoms with Crippen LogP contribution in [-0.2, 0) is 9.59 Å². The molecule has 2 N–H and O–H groups in total. The summed E-state index contributed by atoms with van der Waals surface area (Å²) in [5, 5.41) is 11.2. The third-order valence-corrected chi connectivity index (χ3v) is 1.91. The van der Waals surface area contributed by atoms with Gasteiger partial charge in [0.1, 0.15) is 6.04 Å². The van der Waals surface area contributed by atoms with Gasteiger partial charge in [-0.25, -0.2) is 4.79 Å². The van der Waals surface area contributed by atoms with Gasteiger partial charge < -0.3 is 10.4 Å². The molecule has 1 amide bonds. The minimum Gasteiger partial charge on any atom is -0.479 e. The van der Waals surface area contributed by atoms with Crippen LogP contribution in [0.3, 0.4) is 0 Å². The molecule has 0 saturated heterocycles. The number of carbonyl (C=O) groups is 2. The summed E-state index contributed by atoms with van der Waals surface area (Å²) in [4.78, 5) is 21.6. The molecule has 0 bridgehead atoms. The smallest absolute Gasteiger partial charge is 0.330 e. The Morgan fingerprint density at radius 1 is 1.31 bits per heavy atom. The van der Waals surface area contributed by atoms with Crippen molar-refractivity contribution in [3.8, 4) is 0 Å². The first-order chi connectivity index (χ1) is 7.59. The number of nitrogens with one attached hydrogen (secondary N) is 1. The van der Waals surface area contributed by atoms with E-state index in [0.717, 1.165) is 5.56 Å². The highest BCUT2D eigenvalue weighted by Gasteiger charge is 2.13. The molecule has 4 heteroatoms. The molecule has 0 aliphatic carbocycles. The predicted molar refractivity (Wildman–Crippen MR) is 60.7 cm³/mol. The number of carbonyl (C=O) groups excluding carboxylic acids is 1. The zero-order valence-corrected chi connectivity index (χ0v) is 8.88. The van der Waals surface area contributed by atoms with E-state index in [1.54, 1.807) is 6.08 Å². The molecule has 1 aromatic carbocycles. The first-order valence-corrected chi connectivity index (χ1v) is 4.83. The van der Waals surface area contributed by atoms with Gasteiger partial charge in [-0.2, -0.15) is 0 Å². The van der Waals surface area contributed by atoms with Crippen LogP contribution in [0, 0.1) is 0 Å². The van der Waals surface area contributed by atoms with Crippen molar-refractivity contribution in [2.75, 3.05) is 0 Å². The van der Waals surface area contributed by atoms with Gasteiger partial charge in [-0.05, 0) is 5.56 Å². The third-order valence-electron chi connectivity index (χ3n) is 1.91. The molecule has 1 aromatic rings. The Kier molecular flexibility index (Phi) is 4.27. The standard InChI is InChI=1S/C12H13NO3/c1-9(14)13-11(12(15)16)8-7-10-5-3-2-4-6-10/h2-8,11H,1H3,(H,13,14)(H,15,16)/b8-7+. The van der Waals surface area contributed by atoms with E-state index in [4.69, 9.17) is 5.11 Å². The van der Waals surface area contributed by atoms with E-state index in [9.17, 15) is 9.59 Å². The fraction of sp³-hybridized carbons (Fsp3) is 0.167. The van der Waals surface area contributed by atoms with Crippen LogP contribution < -0.4 is 5.32 Å². The molecule has 0 heterocycles. The summed E-state index contributed by atoms with van der Waals surface area (Å²) in [6.07, 6.45) is 3.10. The molecule has 0 aromatic heterocycles. The van der Waals surface area contributed by atoms with Crippen LogP contribution in [0.5, 0.6) is 0 Å². The Labute approximate surface area is 93.6 Å². The number of rotatable bonds is 4. The average molecular weight is 219 g/mol. The maximum atomic E-state index is 10.8. The monoisotopic (exact) mass is 219 g/mol. The number of hydrogen-bond acceptors (Lipinski definition) is 2. The first kappa shape index (κ1) is 12.0. The van der Waals surface area contributed by atoms with Crippen molar-refractivity contribution in [3.05, 3.63) is 42.0 Å². The maximum Gasteiger partial charge on any atom is 0.330 e. The van der Waals surface area contributed by atoms with Gasteiger partial charge in [0.05, 0.1) is 0 Å². The lowest BCUT2D eigenvalue weighted by molar-refractivity contribution is -0.140. The number of carboxylic acid groups (broad SMARTS) is 1. The zero-order chi connectivity index (χ0) is 12.0. The highest BCUT2D eigenvalue weighted by atomic mass is 16.4. The van der Waals surface area contributed by atoms with Crippen LogP contribution in [0.2, 0.25) is 0 Å². The summed E-state index contributed by atoms with van der Waals surface area (Å²) in [5.74, 6) is -1.45. The molecule has 0 saturated carbocycles. The lowest BCUT2D eigenvalue weighted by Crippen LogP contribution is -2.37. The van der Waals surface area contributed by atoms with Crippen molar-refractivity contribution in [2.45, 2.75) is 13.0 Å². The second-order valence-corrected chi connectivity index (χ2v) is 3.29. The summed E-state index contributed by atoms with van der Waals surface area (Å²) in [7, 11) is 0. The van der Waals surface area contributed by atoms with E-state index >= 15 is 0 Å². The van der Waals surface area contributed by atoms with Crippen LogP contribution in [0.25, 0.3) is 6.08 Å². The average Bonchev–Trinajstić information content (AvgIpc) is 2.25. The first-order valence-electron chi connectivity index (χ1n) is 4.83. The van der Waals surface area contributed by atoms with Crippen molar-refractivity contribution < 1.29 is 14.7 Å². The largest absolute Gasteiger partial charge is 0.479 e. The van der Waals surface area contributed by atoms with Gasteiger partial charge in [-0.15, -0.1) is 0 Å².